The van der Waals surface area contributed by atoms with Crippen molar-refractivity contribution in [1.29, 1.82) is 0 Å². The number of aryl methyl sites for hydroxylation is 1. The Morgan fingerprint density at radius 1 is 1.29 bits per heavy atom. The average Bonchev–Trinajstić information content (AvgIpc) is 2.83. The largest absolute Gasteiger partial charge is 0.479 e. The molecule has 0 aliphatic rings. The van der Waals surface area contributed by atoms with E-state index in [1.165, 1.54) is 26.2 Å². The minimum absolute atomic E-state index is 0.0202. The molecule has 0 radical (unpaired) electrons. The van der Waals surface area contributed by atoms with E-state index >= 15 is 0 Å². The molecule has 0 spiro atoms. The summed E-state index contributed by atoms with van der Waals surface area (Å²) in [5.41, 5.74) is 1.58. The van der Waals surface area contributed by atoms with E-state index in [0.29, 0.717) is 21.3 Å². The lowest BCUT2D eigenvalue weighted by Crippen LogP contribution is -2.25. The molecule has 2 aromatic rings. The van der Waals surface area contributed by atoms with Crippen LogP contribution in [0.5, 0.6) is 5.75 Å². The van der Waals surface area contributed by atoms with E-state index in [0.717, 1.165) is 0 Å². The molecule has 1 unspecified atom stereocenters. The maximum atomic E-state index is 13.8. The first-order valence-corrected chi connectivity index (χ1v) is 7.99. The third-order valence-electron chi connectivity index (χ3n) is 3.64. The molecule has 0 amide bonds. The number of Topliss-reactive ketones (excluding diaryl/α,β-unsaturated/α-hetero) is 1. The molecule has 0 saturated carbocycles. The Kier molecular flexibility index (Phi) is 5.43. The quantitative estimate of drug-likeness (QED) is 0.612. The number of carbonyl (C=O) groups excluding carboxylic acids is 2. The van der Waals surface area contributed by atoms with Gasteiger partial charge in [0.25, 0.3) is 0 Å². The molecule has 1 N–H and O–H groups in total. The third kappa shape index (κ3) is 3.51. The van der Waals surface area contributed by atoms with Crippen LogP contribution in [0, 0.1) is 19.7 Å². The Balaban J connectivity index is 2.27. The summed E-state index contributed by atoms with van der Waals surface area (Å²) in [4.78, 5) is 27.3. The number of hydrogen-bond acceptors (Lipinski definition) is 4. The van der Waals surface area contributed by atoms with E-state index in [2.05, 4.69) is 20.9 Å². The number of methoxy groups -OCH3 is 1. The van der Waals surface area contributed by atoms with Gasteiger partial charge < -0.3 is 14.5 Å². The van der Waals surface area contributed by atoms with Crippen LogP contribution in [0.25, 0.3) is 0 Å². The number of esters is 1. The van der Waals surface area contributed by atoms with Crippen LogP contribution in [0.3, 0.4) is 0 Å². The van der Waals surface area contributed by atoms with Gasteiger partial charge >= 0.3 is 5.97 Å². The van der Waals surface area contributed by atoms with E-state index in [-0.39, 0.29) is 17.2 Å². The van der Waals surface area contributed by atoms with Crippen molar-refractivity contribution in [2.24, 2.45) is 0 Å². The Morgan fingerprint density at radius 2 is 1.96 bits per heavy atom. The molecular weight excluding hydrogens is 381 g/mol. The first kappa shape index (κ1) is 18.2. The summed E-state index contributed by atoms with van der Waals surface area (Å²) in [6, 6.07) is 4.32. The lowest BCUT2D eigenvalue weighted by atomic mass is 10.1. The van der Waals surface area contributed by atoms with E-state index < -0.39 is 17.9 Å². The predicted octanol–water partition coefficient (Wildman–Crippen LogP) is 3.97. The number of aromatic nitrogens is 1. The Labute approximate surface area is 147 Å². The molecule has 0 aliphatic heterocycles. The zero-order valence-electron chi connectivity index (χ0n) is 13.7. The molecule has 1 aromatic heterocycles. The van der Waals surface area contributed by atoms with Crippen LogP contribution >= 0.6 is 15.9 Å². The number of benzene rings is 1. The fourth-order valence-electron chi connectivity index (χ4n) is 2.42. The monoisotopic (exact) mass is 397 g/mol. The SMILES string of the molecule is COC(=O)c1c(C)[nH]c(C(=O)C(C)Oc2ccc(Br)cc2F)c1C. The summed E-state index contributed by atoms with van der Waals surface area (Å²) in [6.07, 6.45) is -0.928. The molecule has 24 heavy (non-hydrogen) atoms. The Bertz CT molecular complexity index is 800. The van der Waals surface area contributed by atoms with Gasteiger partial charge in [0, 0.05) is 10.2 Å². The van der Waals surface area contributed by atoms with E-state index in [1.807, 2.05) is 0 Å². The average molecular weight is 398 g/mol. The summed E-state index contributed by atoms with van der Waals surface area (Å²) in [5, 5.41) is 0. The smallest absolute Gasteiger partial charge is 0.339 e. The number of rotatable bonds is 5. The highest BCUT2D eigenvalue weighted by Gasteiger charge is 2.26. The highest BCUT2D eigenvalue weighted by atomic mass is 79.9. The van der Waals surface area contributed by atoms with Gasteiger partial charge in [-0.3, -0.25) is 4.79 Å². The summed E-state index contributed by atoms with van der Waals surface area (Å²) in [7, 11) is 1.28. The second kappa shape index (κ2) is 7.17. The van der Waals surface area contributed by atoms with Crippen LogP contribution in [0.2, 0.25) is 0 Å². The lowest BCUT2D eigenvalue weighted by Gasteiger charge is -2.14. The molecule has 1 atom stereocenters. The molecule has 1 aromatic carbocycles. The minimum atomic E-state index is -0.928. The summed E-state index contributed by atoms with van der Waals surface area (Å²) < 4.78 is 24.6. The second-order valence-electron chi connectivity index (χ2n) is 5.32. The fraction of sp³-hybridized carbons (Fsp3) is 0.294. The summed E-state index contributed by atoms with van der Waals surface area (Å²) in [6.45, 7) is 4.85. The van der Waals surface area contributed by atoms with Crippen LogP contribution < -0.4 is 4.74 Å². The van der Waals surface area contributed by atoms with Gasteiger partial charge in [0.05, 0.1) is 18.4 Å². The van der Waals surface area contributed by atoms with Gasteiger partial charge in [-0.2, -0.15) is 0 Å². The third-order valence-corrected chi connectivity index (χ3v) is 4.13. The van der Waals surface area contributed by atoms with Gasteiger partial charge in [-0.05, 0) is 44.5 Å². The number of nitrogens with one attached hydrogen (secondary N) is 1. The summed E-state index contributed by atoms with van der Waals surface area (Å²) in [5.74, 6) is -1.49. The molecule has 0 bridgehead atoms. The van der Waals surface area contributed by atoms with Gasteiger partial charge in [0.2, 0.25) is 5.78 Å². The number of ketones is 1. The topological polar surface area (TPSA) is 68.4 Å². The Hall–Kier alpha value is -2.15. The zero-order valence-corrected chi connectivity index (χ0v) is 15.3. The van der Waals surface area contributed by atoms with Crippen molar-refractivity contribution in [2.45, 2.75) is 26.9 Å². The van der Waals surface area contributed by atoms with Crippen LogP contribution in [0.15, 0.2) is 22.7 Å². The van der Waals surface area contributed by atoms with Crippen LogP contribution in [0.1, 0.15) is 39.0 Å². The highest BCUT2D eigenvalue weighted by Crippen LogP contribution is 2.25. The van der Waals surface area contributed by atoms with Crippen molar-refractivity contribution in [3.8, 4) is 5.75 Å². The molecular formula is C17H17BrFNO4. The van der Waals surface area contributed by atoms with Crippen molar-refractivity contribution in [3.05, 3.63) is 51.0 Å². The summed E-state index contributed by atoms with van der Waals surface area (Å²) >= 11 is 3.16. The maximum Gasteiger partial charge on any atom is 0.339 e. The Morgan fingerprint density at radius 3 is 2.54 bits per heavy atom. The normalized spacial score (nSPS) is 11.9. The van der Waals surface area contributed by atoms with Crippen molar-refractivity contribution in [3.63, 3.8) is 0 Å². The molecule has 2 rings (SSSR count). The maximum absolute atomic E-state index is 13.8. The van der Waals surface area contributed by atoms with Crippen LogP contribution in [-0.2, 0) is 4.74 Å². The van der Waals surface area contributed by atoms with Crippen molar-refractivity contribution in [1.82, 2.24) is 4.98 Å². The van der Waals surface area contributed by atoms with Crippen molar-refractivity contribution < 1.29 is 23.5 Å². The number of H-pyrrole nitrogens is 1. The fourth-order valence-corrected chi connectivity index (χ4v) is 2.76. The predicted molar refractivity (Wildman–Crippen MR) is 90.1 cm³/mol. The van der Waals surface area contributed by atoms with Gasteiger partial charge in [-0.1, -0.05) is 15.9 Å². The second-order valence-corrected chi connectivity index (χ2v) is 6.23. The number of carbonyl (C=O) groups is 2. The van der Waals surface area contributed by atoms with Gasteiger partial charge in [0.1, 0.15) is 0 Å². The first-order valence-electron chi connectivity index (χ1n) is 7.19. The van der Waals surface area contributed by atoms with Crippen molar-refractivity contribution >= 4 is 27.7 Å². The van der Waals surface area contributed by atoms with Crippen LogP contribution in [-0.4, -0.2) is 30.0 Å². The molecule has 0 saturated heterocycles. The first-order chi connectivity index (χ1) is 11.3. The van der Waals surface area contributed by atoms with Crippen molar-refractivity contribution in [2.75, 3.05) is 7.11 Å². The van der Waals surface area contributed by atoms with Gasteiger partial charge in [-0.15, -0.1) is 0 Å². The molecule has 0 fully saturated rings. The molecule has 1 heterocycles. The molecule has 0 aliphatic carbocycles. The number of ether oxygens (including phenoxy) is 2. The number of aromatic amines is 1. The van der Waals surface area contributed by atoms with E-state index in [4.69, 9.17) is 9.47 Å². The van der Waals surface area contributed by atoms with Crippen LogP contribution in [0.4, 0.5) is 4.39 Å². The number of halogens is 2. The molecule has 5 nitrogen and oxygen atoms in total. The molecule has 7 heteroatoms. The minimum Gasteiger partial charge on any atom is -0.479 e. The highest BCUT2D eigenvalue weighted by molar-refractivity contribution is 9.10. The lowest BCUT2D eigenvalue weighted by molar-refractivity contribution is 0.0599. The molecule has 128 valence electrons. The number of hydrogen-bond donors (Lipinski definition) is 1. The van der Waals surface area contributed by atoms with Gasteiger partial charge in [-0.25, -0.2) is 9.18 Å². The van der Waals surface area contributed by atoms with Gasteiger partial charge in [0.15, 0.2) is 17.7 Å². The standard InChI is InChI=1S/C17H17BrFNO4/c1-8-14(17(22)23-4)9(2)20-15(8)16(21)10(3)24-13-6-5-11(18)7-12(13)19/h5-7,10,20H,1-4H3. The zero-order chi connectivity index (χ0) is 18.0. The van der Waals surface area contributed by atoms with E-state index in [1.54, 1.807) is 19.9 Å². The van der Waals surface area contributed by atoms with E-state index in [9.17, 15) is 14.0 Å².